The highest BCUT2D eigenvalue weighted by Gasteiger charge is 2.20. The summed E-state index contributed by atoms with van der Waals surface area (Å²) in [7, 11) is -4.29. The molecular formula is C47H72N2O8S4. The Balaban J connectivity index is 1.32. The van der Waals surface area contributed by atoms with Gasteiger partial charge in [0.1, 0.15) is 4.70 Å². The van der Waals surface area contributed by atoms with Crippen LogP contribution in [-0.4, -0.2) is 87.3 Å². The second-order valence-corrected chi connectivity index (χ2v) is 20.7. The van der Waals surface area contributed by atoms with Crippen LogP contribution in [0.1, 0.15) is 133 Å². The van der Waals surface area contributed by atoms with Crippen LogP contribution in [0, 0.1) is 0 Å². The van der Waals surface area contributed by atoms with Crippen LogP contribution in [0.3, 0.4) is 0 Å². The molecule has 1 aliphatic heterocycles. The van der Waals surface area contributed by atoms with Gasteiger partial charge in [0, 0.05) is 59.4 Å². The van der Waals surface area contributed by atoms with E-state index in [1.54, 1.807) is 34.9 Å². The smallest absolute Gasteiger partial charge is 0.262 e. The molecule has 0 saturated carbocycles. The Morgan fingerprint density at radius 3 is 1.90 bits per heavy atom. The molecule has 1 N–H and O–H groups in total. The van der Waals surface area contributed by atoms with E-state index in [9.17, 15) is 17.8 Å². The standard InChI is InChI=1S/C47H72N2O8S4/c1-2-3-4-5-6-7-8-9-10-11-12-13-14-15-16-19-46(50)48-41-22-24-45-42(39-41)49(26-17-18-37-61(51,52)53)47(60-45)25-21-40-20-23-43-44(38-40)57-32-36-59-34-30-55-28-27-54-29-33-58-35-31-56-43/h20-25,38-39H,2-19,26-37H2,1H3,(H-,48,50,51,52,53)/b25-21+. The number of hydrogen-bond donors (Lipinski definition) is 1. The van der Waals surface area contributed by atoms with Crippen molar-refractivity contribution < 1.29 is 41.3 Å². The summed E-state index contributed by atoms with van der Waals surface area (Å²) in [5, 5.41) is 4.08. The minimum atomic E-state index is -4.29. The number of nitrogens with one attached hydrogen (secondary N) is 1. The maximum Gasteiger partial charge on any atom is 0.262 e. The molecule has 3 aromatic rings. The molecular weight excluding hydrogens is 849 g/mol. The van der Waals surface area contributed by atoms with Crippen molar-refractivity contribution in [2.24, 2.45) is 0 Å². The molecule has 0 unspecified atom stereocenters. The number of aromatic nitrogens is 1. The van der Waals surface area contributed by atoms with E-state index in [0.717, 1.165) is 62.3 Å². The average molecular weight is 921 g/mol. The molecule has 0 atom stereocenters. The number of thiazole rings is 1. The molecule has 0 spiro atoms. The zero-order valence-electron chi connectivity index (χ0n) is 36.7. The SMILES string of the molecule is CCCCCCCCCCCCCCCCCC(=O)Nc1ccc2sc(/C=C/c3ccc4c(c3)OCCSCCOCCOCCSCCO4)[n+](CCCCS(=O)(=O)[O-])c2c1. The lowest BCUT2D eigenvalue weighted by Gasteiger charge is -2.14. The fourth-order valence-corrected chi connectivity index (χ4v) is 10.1. The van der Waals surface area contributed by atoms with Crippen LogP contribution in [0.15, 0.2) is 36.4 Å². The fraction of sp³-hybridized carbons (Fsp3) is 0.660. The molecule has 4 rings (SSSR count). The molecule has 0 saturated heterocycles. The molecule has 342 valence electrons. The molecule has 1 aliphatic rings. The molecule has 2 heterocycles. The first-order chi connectivity index (χ1) is 29.8. The maximum atomic E-state index is 13.0. The molecule has 10 nitrogen and oxygen atoms in total. The van der Waals surface area contributed by atoms with Crippen LogP contribution in [0.25, 0.3) is 22.4 Å². The predicted octanol–water partition coefficient (Wildman–Crippen LogP) is 11.2. The number of rotatable bonds is 24. The van der Waals surface area contributed by atoms with Gasteiger partial charge >= 0.3 is 0 Å². The Morgan fingerprint density at radius 2 is 1.28 bits per heavy atom. The quantitative estimate of drug-likeness (QED) is 0.0527. The molecule has 1 aromatic heterocycles. The molecule has 0 fully saturated rings. The first-order valence-corrected chi connectivity index (χ1v) is 27.6. The number of amides is 1. The lowest BCUT2D eigenvalue weighted by Crippen LogP contribution is -2.35. The largest absolute Gasteiger partial charge is 0.748 e. The van der Waals surface area contributed by atoms with Gasteiger partial charge < -0.3 is 28.8 Å². The number of carbonyl (C=O) groups excluding carboxylic acids is 1. The van der Waals surface area contributed by atoms with Gasteiger partial charge in [-0.2, -0.15) is 28.1 Å². The predicted molar refractivity (Wildman–Crippen MR) is 257 cm³/mol. The average Bonchev–Trinajstić information content (AvgIpc) is 3.58. The summed E-state index contributed by atoms with van der Waals surface area (Å²) in [6, 6.07) is 11.9. The van der Waals surface area contributed by atoms with Crippen LogP contribution in [0.5, 0.6) is 11.5 Å². The Bertz CT molecular complexity index is 1800. The number of anilines is 1. The van der Waals surface area contributed by atoms with Crippen molar-refractivity contribution in [3.05, 3.63) is 47.0 Å². The van der Waals surface area contributed by atoms with E-state index < -0.39 is 15.9 Å². The Morgan fingerprint density at radius 1 is 0.689 bits per heavy atom. The minimum absolute atomic E-state index is 0.0167. The van der Waals surface area contributed by atoms with Gasteiger partial charge in [-0.1, -0.05) is 114 Å². The van der Waals surface area contributed by atoms with Gasteiger partial charge in [0.25, 0.3) is 5.01 Å². The number of ether oxygens (including phenoxy) is 4. The molecule has 0 aliphatic carbocycles. The molecule has 2 aromatic carbocycles. The van der Waals surface area contributed by atoms with Crippen LogP contribution >= 0.6 is 34.9 Å². The van der Waals surface area contributed by atoms with E-state index in [1.807, 2.05) is 42.5 Å². The summed E-state index contributed by atoms with van der Waals surface area (Å²) in [6.45, 7) is 6.50. The van der Waals surface area contributed by atoms with Crippen molar-refractivity contribution in [3.8, 4) is 11.5 Å². The summed E-state index contributed by atoms with van der Waals surface area (Å²) in [4.78, 5) is 13.0. The van der Waals surface area contributed by atoms with E-state index in [2.05, 4.69) is 22.9 Å². The third-order valence-electron chi connectivity index (χ3n) is 10.5. The van der Waals surface area contributed by atoms with Crippen molar-refractivity contribution in [2.75, 3.05) is 73.7 Å². The monoisotopic (exact) mass is 920 g/mol. The highest BCUT2D eigenvalue weighted by Crippen LogP contribution is 2.31. The topological polar surface area (TPSA) is 127 Å². The third kappa shape index (κ3) is 22.7. The second kappa shape index (κ2) is 31.5. The summed E-state index contributed by atoms with van der Waals surface area (Å²) >= 11 is 5.20. The van der Waals surface area contributed by atoms with Crippen LogP contribution in [0.2, 0.25) is 0 Å². The zero-order valence-corrected chi connectivity index (χ0v) is 39.9. The van der Waals surface area contributed by atoms with Crippen LogP contribution < -0.4 is 19.4 Å². The number of aryl methyl sites for hydroxylation is 1. The van der Waals surface area contributed by atoms with Gasteiger partial charge in [0.15, 0.2) is 18.0 Å². The van der Waals surface area contributed by atoms with Gasteiger partial charge in [-0.25, -0.2) is 8.42 Å². The van der Waals surface area contributed by atoms with Crippen molar-refractivity contribution in [1.29, 1.82) is 0 Å². The number of hydrogen-bond acceptors (Lipinski definition) is 11. The van der Waals surface area contributed by atoms with E-state index in [1.165, 1.54) is 83.5 Å². The first kappa shape index (κ1) is 51.3. The third-order valence-corrected chi connectivity index (χ3v) is 14.3. The van der Waals surface area contributed by atoms with Gasteiger partial charge in [0.05, 0.1) is 49.8 Å². The van der Waals surface area contributed by atoms with Crippen LogP contribution in [0.4, 0.5) is 5.69 Å². The second-order valence-electron chi connectivity index (χ2n) is 15.7. The number of unbranched alkanes of at least 4 members (excludes halogenated alkanes) is 15. The van der Waals surface area contributed by atoms with E-state index in [0.29, 0.717) is 70.5 Å². The summed E-state index contributed by atoms with van der Waals surface area (Å²) < 4.78 is 61.0. The molecule has 61 heavy (non-hydrogen) atoms. The molecule has 14 heteroatoms. The summed E-state index contributed by atoms with van der Waals surface area (Å²) in [5.74, 6) is 4.49. The van der Waals surface area contributed by atoms with Crippen molar-refractivity contribution in [3.63, 3.8) is 0 Å². The van der Waals surface area contributed by atoms with Crippen molar-refractivity contribution in [1.82, 2.24) is 0 Å². The van der Waals surface area contributed by atoms with E-state index in [4.69, 9.17) is 18.9 Å². The first-order valence-electron chi connectivity index (χ1n) is 22.9. The van der Waals surface area contributed by atoms with E-state index >= 15 is 0 Å². The summed E-state index contributed by atoms with van der Waals surface area (Å²) in [6.07, 6.45) is 24.7. The maximum absolute atomic E-state index is 13.0. The van der Waals surface area contributed by atoms with Crippen LogP contribution in [-0.2, 0) is 30.9 Å². The Hall–Kier alpha value is -2.33. The molecule has 1 amide bonds. The lowest BCUT2D eigenvalue weighted by atomic mass is 10.0. The zero-order chi connectivity index (χ0) is 43.2. The van der Waals surface area contributed by atoms with E-state index in [-0.39, 0.29) is 12.3 Å². The lowest BCUT2D eigenvalue weighted by molar-refractivity contribution is -0.669. The number of nitrogens with zero attached hydrogens (tertiary/aromatic N) is 1. The van der Waals surface area contributed by atoms with Gasteiger partial charge in [-0.3, -0.25) is 4.79 Å². The van der Waals surface area contributed by atoms with Gasteiger partial charge in [-0.05, 0) is 48.7 Å². The number of benzene rings is 2. The Kier molecular flexibility index (Phi) is 26.5. The highest BCUT2D eigenvalue weighted by atomic mass is 32.2. The molecule has 0 radical (unpaired) electrons. The van der Waals surface area contributed by atoms with Gasteiger partial charge in [0.2, 0.25) is 11.4 Å². The number of carbonyl (C=O) groups is 1. The van der Waals surface area contributed by atoms with Gasteiger partial charge in [-0.15, -0.1) is 0 Å². The Labute approximate surface area is 379 Å². The van der Waals surface area contributed by atoms with Crippen molar-refractivity contribution in [2.45, 2.75) is 129 Å². The normalized spacial score (nSPS) is 15.2. The number of fused-ring (bicyclic) bond motifs is 2. The van der Waals surface area contributed by atoms with Crippen molar-refractivity contribution >= 4 is 78.9 Å². The molecule has 0 bridgehead atoms. The summed E-state index contributed by atoms with van der Waals surface area (Å²) in [5.41, 5.74) is 2.64. The minimum Gasteiger partial charge on any atom is -0.748 e. The fourth-order valence-electron chi connectivity index (χ4n) is 7.17. The number of thioether (sulfide) groups is 2. The highest BCUT2D eigenvalue weighted by molar-refractivity contribution is 7.99.